The Labute approximate surface area is 143 Å². The van der Waals surface area contributed by atoms with Gasteiger partial charge in [0.1, 0.15) is 0 Å². The maximum absolute atomic E-state index is 4.60. The predicted molar refractivity (Wildman–Crippen MR) is 99.7 cm³/mol. The minimum absolute atomic E-state index is 0.489. The molecule has 1 aliphatic rings. The Hall–Kier alpha value is -2.33. The fourth-order valence-corrected chi connectivity index (χ4v) is 3.81. The lowest BCUT2D eigenvalue weighted by atomic mass is 9.93. The van der Waals surface area contributed by atoms with Gasteiger partial charge in [0.2, 0.25) is 0 Å². The van der Waals surface area contributed by atoms with E-state index < -0.39 is 0 Å². The van der Waals surface area contributed by atoms with Crippen LogP contribution in [0.5, 0.6) is 0 Å². The van der Waals surface area contributed by atoms with Gasteiger partial charge in [0.15, 0.2) is 5.82 Å². The zero-order chi connectivity index (χ0) is 16.7. The van der Waals surface area contributed by atoms with Gasteiger partial charge in [0.25, 0.3) is 0 Å². The molecule has 4 heteroatoms. The van der Waals surface area contributed by atoms with E-state index in [0.29, 0.717) is 12.0 Å². The van der Waals surface area contributed by atoms with E-state index in [0.717, 1.165) is 24.4 Å². The Morgan fingerprint density at radius 2 is 1.79 bits per heavy atom. The van der Waals surface area contributed by atoms with Gasteiger partial charge >= 0.3 is 0 Å². The molecular formula is C20H24N4. The average molecular weight is 320 g/mol. The number of H-pyrrole nitrogens is 1. The highest BCUT2D eigenvalue weighted by molar-refractivity contribution is 5.90. The van der Waals surface area contributed by atoms with Gasteiger partial charge in [-0.05, 0) is 38.7 Å². The molecule has 0 spiro atoms. The Morgan fingerprint density at radius 1 is 1.04 bits per heavy atom. The van der Waals surface area contributed by atoms with Crippen LogP contribution in [0, 0.1) is 6.92 Å². The molecular weight excluding hydrogens is 296 g/mol. The van der Waals surface area contributed by atoms with Crippen molar-refractivity contribution in [1.29, 1.82) is 0 Å². The zero-order valence-corrected chi connectivity index (χ0v) is 14.5. The molecule has 0 bridgehead atoms. The molecule has 1 aromatic heterocycles. The van der Waals surface area contributed by atoms with Gasteiger partial charge in [0, 0.05) is 30.4 Å². The predicted octanol–water partition coefficient (Wildman–Crippen LogP) is 3.41. The maximum atomic E-state index is 4.60. The summed E-state index contributed by atoms with van der Waals surface area (Å²) in [6.45, 7) is 4.14. The molecule has 0 aliphatic carbocycles. The molecule has 1 unspecified atom stereocenters. The van der Waals surface area contributed by atoms with Crippen molar-refractivity contribution in [1.82, 2.24) is 15.1 Å². The van der Waals surface area contributed by atoms with E-state index in [2.05, 4.69) is 83.5 Å². The summed E-state index contributed by atoms with van der Waals surface area (Å²) < 4.78 is 0. The molecule has 0 radical (unpaired) electrons. The third kappa shape index (κ3) is 2.57. The Balaban J connectivity index is 1.68. The number of nitrogens with zero attached hydrogens (tertiary/aromatic N) is 3. The number of hydrogen-bond donors (Lipinski definition) is 1. The molecule has 2 aromatic carbocycles. The number of aromatic amines is 1. The minimum atomic E-state index is 0.489. The summed E-state index contributed by atoms with van der Waals surface area (Å²) in [6, 6.07) is 17.8. The van der Waals surface area contributed by atoms with Gasteiger partial charge < -0.3 is 9.80 Å². The topological polar surface area (TPSA) is 35.2 Å². The van der Waals surface area contributed by atoms with Gasteiger partial charge in [-0.15, -0.1) is 0 Å². The number of benzene rings is 2. The largest absolute Gasteiger partial charge is 0.352 e. The molecule has 1 saturated heterocycles. The fourth-order valence-electron chi connectivity index (χ4n) is 3.81. The minimum Gasteiger partial charge on any atom is -0.352 e. The second-order valence-electron chi connectivity index (χ2n) is 7.05. The highest BCUT2D eigenvalue weighted by atomic mass is 15.3. The molecule has 4 nitrogen and oxygen atoms in total. The number of para-hydroxylation sites is 1. The molecule has 24 heavy (non-hydrogen) atoms. The van der Waals surface area contributed by atoms with Crippen LogP contribution < -0.4 is 4.90 Å². The highest BCUT2D eigenvalue weighted by Gasteiger charge is 2.36. The first-order chi connectivity index (χ1) is 11.6. The summed E-state index contributed by atoms with van der Waals surface area (Å²) in [5.41, 5.74) is 3.84. The molecule has 1 aliphatic heterocycles. The van der Waals surface area contributed by atoms with E-state index in [1.165, 1.54) is 16.5 Å². The monoisotopic (exact) mass is 320 g/mol. The first-order valence-electron chi connectivity index (χ1n) is 8.54. The van der Waals surface area contributed by atoms with Crippen molar-refractivity contribution in [2.75, 3.05) is 32.1 Å². The SMILES string of the molecule is Cc1ccc([C@H]2CN(c3n[nH]c4ccccc34)CC2N(C)C)cc1. The van der Waals surface area contributed by atoms with Crippen LogP contribution in [0.25, 0.3) is 10.9 Å². The van der Waals surface area contributed by atoms with E-state index in [1.807, 2.05) is 6.07 Å². The van der Waals surface area contributed by atoms with E-state index in [4.69, 9.17) is 0 Å². The van der Waals surface area contributed by atoms with Crippen LogP contribution in [0.15, 0.2) is 48.5 Å². The summed E-state index contributed by atoms with van der Waals surface area (Å²) >= 11 is 0. The quantitative estimate of drug-likeness (QED) is 0.803. The number of hydrogen-bond acceptors (Lipinski definition) is 3. The van der Waals surface area contributed by atoms with Crippen molar-refractivity contribution in [2.24, 2.45) is 0 Å². The lowest BCUT2D eigenvalue weighted by molar-refractivity contribution is 0.292. The third-order valence-corrected chi connectivity index (χ3v) is 5.21. The Kier molecular flexibility index (Phi) is 3.77. The summed E-state index contributed by atoms with van der Waals surface area (Å²) in [7, 11) is 4.36. The molecule has 1 N–H and O–H groups in total. The highest BCUT2D eigenvalue weighted by Crippen LogP contribution is 2.35. The van der Waals surface area contributed by atoms with E-state index >= 15 is 0 Å². The molecule has 3 aromatic rings. The van der Waals surface area contributed by atoms with Crippen LogP contribution in [0.3, 0.4) is 0 Å². The molecule has 1 fully saturated rings. The summed E-state index contributed by atoms with van der Waals surface area (Å²) in [5.74, 6) is 1.57. The Morgan fingerprint density at radius 3 is 2.54 bits per heavy atom. The first kappa shape index (κ1) is 15.2. The molecule has 4 rings (SSSR count). The number of aromatic nitrogens is 2. The standard InChI is InChI=1S/C20H24N4/c1-14-8-10-15(11-9-14)17-12-24(13-19(17)23(2)3)20-16-6-4-5-7-18(16)21-22-20/h4-11,17,19H,12-13H2,1-3H3,(H,21,22)/t17-,19?/m1/s1. The van der Waals surface area contributed by atoms with Crippen LogP contribution in [0.1, 0.15) is 17.0 Å². The zero-order valence-electron chi connectivity index (χ0n) is 14.5. The second kappa shape index (κ2) is 5.95. The van der Waals surface area contributed by atoms with Gasteiger partial charge in [0.05, 0.1) is 5.52 Å². The fraction of sp³-hybridized carbons (Fsp3) is 0.350. The van der Waals surface area contributed by atoms with Crippen molar-refractivity contribution >= 4 is 16.7 Å². The molecule has 0 amide bonds. The number of nitrogens with one attached hydrogen (secondary N) is 1. The summed E-state index contributed by atoms with van der Waals surface area (Å²) in [4.78, 5) is 4.77. The van der Waals surface area contributed by atoms with Gasteiger partial charge in [-0.1, -0.05) is 42.0 Å². The van der Waals surface area contributed by atoms with Crippen LogP contribution >= 0.6 is 0 Å². The van der Waals surface area contributed by atoms with Crippen molar-refractivity contribution in [3.63, 3.8) is 0 Å². The van der Waals surface area contributed by atoms with Crippen molar-refractivity contribution < 1.29 is 0 Å². The van der Waals surface area contributed by atoms with Crippen molar-refractivity contribution in [3.05, 3.63) is 59.7 Å². The summed E-state index contributed by atoms with van der Waals surface area (Å²) in [6.07, 6.45) is 0. The number of aryl methyl sites for hydroxylation is 1. The van der Waals surface area contributed by atoms with E-state index in [1.54, 1.807) is 0 Å². The van der Waals surface area contributed by atoms with Crippen LogP contribution in [-0.2, 0) is 0 Å². The average Bonchev–Trinajstić information content (AvgIpc) is 3.19. The van der Waals surface area contributed by atoms with E-state index in [9.17, 15) is 0 Å². The molecule has 0 saturated carbocycles. The normalized spacial score (nSPS) is 21.1. The third-order valence-electron chi connectivity index (χ3n) is 5.21. The lowest BCUT2D eigenvalue weighted by Crippen LogP contribution is -2.34. The molecule has 2 heterocycles. The van der Waals surface area contributed by atoms with Crippen LogP contribution in [0.4, 0.5) is 5.82 Å². The van der Waals surface area contributed by atoms with Crippen molar-refractivity contribution in [3.8, 4) is 0 Å². The van der Waals surface area contributed by atoms with Gasteiger partial charge in [-0.3, -0.25) is 5.10 Å². The first-order valence-corrected chi connectivity index (χ1v) is 8.54. The van der Waals surface area contributed by atoms with Crippen molar-refractivity contribution in [2.45, 2.75) is 18.9 Å². The lowest BCUT2D eigenvalue weighted by Gasteiger charge is -2.25. The van der Waals surface area contributed by atoms with Gasteiger partial charge in [-0.2, -0.15) is 5.10 Å². The Bertz CT molecular complexity index is 834. The molecule has 124 valence electrons. The van der Waals surface area contributed by atoms with Gasteiger partial charge in [-0.25, -0.2) is 0 Å². The molecule has 2 atom stereocenters. The number of anilines is 1. The second-order valence-corrected chi connectivity index (χ2v) is 7.05. The maximum Gasteiger partial charge on any atom is 0.158 e. The summed E-state index contributed by atoms with van der Waals surface area (Å²) in [5, 5.41) is 8.97. The van der Waals surface area contributed by atoms with E-state index in [-0.39, 0.29) is 0 Å². The smallest absolute Gasteiger partial charge is 0.158 e. The number of likely N-dealkylation sites (N-methyl/N-ethyl adjacent to an activating group) is 1. The number of fused-ring (bicyclic) bond motifs is 1. The van der Waals surface area contributed by atoms with Crippen LogP contribution in [-0.4, -0.2) is 48.3 Å². The van der Waals surface area contributed by atoms with Crippen LogP contribution in [0.2, 0.25) is 0 Å². The number of rotatable bonds is 3.